The molecule has 0 aliphatic carbocycles. The van der Waals surface area contributed by atoms with Gasteiger partial charge in [-0.2, -0.15) is 0 Å². The maximum absolute atomic E-state index is 12.5. The second-order valence-corrected chi connectivity index (χ2v) is 6.43. The minimum absolute atomic E-state index is 0.0287. The smallest absolute Gasteiger partial charge is 0.255 e. The Morgan fingerprint density at radius 2 is 1.86 bits per heavy atom. The maximum atomic E-state index is 12.5. The van der Waals surface area contributed by atoms with E-state index in [0.717, 1.165) is 0 Å². The van der Waals surface area contributed by atoms with Gasteiger partial charge in [0.25, 0.3) is 5.91 Å². The molecule has 0 spiro atoms. The number of Topliss-reactive ketones (excluding diaryl/α,β-unsaturated/α-hetero) is 1. The van der Waals surface area contributed by atoms with E-state index >= 15 is 0 Å². The SMILES string of the molecule is COc1ccc(C(=O)Nc2cccc(/C=C3/Oc4cc(O)ccc4C3=O)c2)cc1. The van der Waals surface area contributed by atoms with Gasteiger partial charge in [0.05, 0.1) is 12.7 Å². The fourth-order valence-electron chi connectivity index (χ4n) is 2.98. The molecule has 1 amide bonds. The lowest BCUT2D eigenvalue weighted by atomic mass is 10.1. The molecular formula is C23H17NO5. The van der Waals surface area contributed by atoms with E-state index in [2.05, 4.69) is 5.32 Å². The normalized spacial score (nSPS) is 13.7. The molecule has 1 aliphatic heterocycles. The Balaban J connectivity index is 1.52. The summed E-state index contributed by atoms with van der Waals surface area (Å²) in [6.45, 7) is 0. The zero-order chi connectivity index (χ0) is 20.4. The number of rotatable bonds is 4. The number of carbonyl (C=O) groups excluding carboxylic acids is 2. The Hall–Kier alpha value is -4.06. The molecule has 0 saturated heterocycles. The fraction of sp³-hybridized carbons (Fsp3) is 0.0435. The summed E-state index contributed by atoms with van der Waals surface area (Å²) in [4.78, 5) is 24.9. The fourth-order valence-corrected chi connectivity index (χ4v) is 2.98. The molecule has 3 aromatic rings. The minimum Gasteiger partial charge on any atom is -0.508 e. The first kappa shape index (κ1) is 18.3. The molecule has 0 aromatic heterocycles. The van der Waals surface area contributed by atoms with Crippen molar-refractivity contribution in [1.82, 2.24) is 0 Å². The van der Waals surface area contributed by atoms with Crippen LogP contribution < -0.4 is 14.8 Å². The van der Waals surface area contributed by atoms with E-state index in [0.29, 0.717) is 33.9 Å². The average Bonchev–Trinajstić information content (AvgIpc) is 3.02. The molecular weight excluding hydrogens is 370 g/mol. The Morgan fingerprint density at radius 1 is 1.07 bits per heavy atom. The van der Waals surface area contributed by atoms with Crippen LogP contribution in [0, 0.1) is 0 Å². The standard InChI is InChI=1S/C23H17NO5/c1-28-18-8-5-15(6-9-18)23(27)24-16-4-2-3-14(11-16)12-21-22(26)19-10-7-17(25)13-20(19)29-21/h2-13,25H,1H3,(H,24,27)/b21-12+. The number of fused-ring (bicyclic) bond motifs is 1. The largest absolute Gasteiger partial charge is 0.508 e. The predicted octanol–water partition coefficient (Wildman–Crippen LogP) is 4.27. The molecule has 1 heterocycles. The predicted molar refractivity (Wildman–Crippen MR) is 108 cm³/mol. The number of methoxy groups -OCH3 is 1. The Kier molecular flexibility index (Phi) is 4.75. The summed E-state index contributed by atoms with van der Waals surface area (Å²) in [6, 6.07) is 18.2. The first-order chi connectivity index (χ1) is 14.0. The highest BCUT2D eigenvalue weighted by atomic mass is 16.5. The van der Waals surface area contributed by atoms with E-state index < -0.39 is 0 Å². The van der Waals surface area contributed by atoms with Crippen molar-refractivity contribution < 1.29 is 24.2 Å². The lowest BCUT2D eigenvalue weighted by Crippen LogP contribution is -2.11. The van der Waals surface area contributed by atoms with Crippen molar-refractivity contribution in [1.29, 1.82) is 0 Å². The van der Waals surface area contributed by atoms with E-state index in [1.807, 2.05) is 0 Å². The average molecular weight is 387 g/mol. The monoisotopic (exact) mass is 387 g/mol. The third-order valence-corrected chi connectivity index (χ3v) is 4.45. The summed E-state index contributed by atoms with van der Waals surface area (Å²) in [6.07, 6.45) is 1.60. The number of carbonyl (C=O) groups is 2. The zero-order valence-corrected chi connectivity index (χ0v) is 15.5. The van der Waals surface area contributed by atoms with Gasteiger partial charge in [-0.3, -0.25) is 9.59 Å². The van der Waals surface area contributed by atoms with Crippen molar-refractivity contribution in [3.8, 4) is 17.2 Å². The Labute approximate surface area is 167 Å². The Morgan fingerprint density at radius 3 is 2.62 bits per heavy atom. The lowest BCUT2D eigenvalue weighted by molar-refractivity contribution is 0.101. The van der Waals surface area contributed by atoms with E-state index in [1.165, 1.54) is 18.2 Å². The lowest BCUT2D eigenvalue weighted by Gasteiger charge is -2.07. The van der Waals surface area contributed by atoms with Gasteiger partial charge in [0.15, 0.2) is 5.76 Å². The van der Waals surface area contributed by atoms with Crippen LogP contribution in [0.25, 0.3) is 6.08 Å². The van der Waals surface area contributed by atoms with Crippen LogP contribution in [0.3, 0.4) is 0 Å². The van der Waals surface area contributed by atoms with Gasteiger partial charge in [-0.05, 0) is 60.2 Å². The highest BCUT2D eigenvalue weighted by molar-refractivity contribution is 6.14. The zero-order valence-electron chi connectivity index (χ0n) is 15.5. The molecule has 3 aromatic carbocycles. The summed E-state index contributed by atoms with van der Waals surface area (Å²) in [7, 11) is 1.56. The number of hydrogen-bond acceptors (Lipinski definition) is 5. The topological polar surface area (TPSA) is 84.9 Å². The van der Waals surface area contributed by atoms with Gasteiger partial charge in [-0.15, -0.1) is 0 Å². The molecule has 0 unspecified atom stereocenters. The van der Waals surface area contributed by atoms with Crippen molar-refractivity contribution >= 4 is 23.5 Å². The van der Waals surface area contributed by atoms with Crippen molar-refractivity contribution in [3.05, 3.63) is 89.2 Å². The molecule has 0 saturated carbocycles. The van der Waals surface area contributed by atoms with Gasteiger partial charge < -0.3 is 19.9 Å². The molecule has 2 N–H and O–H groups in total. The number of amides is 1. The summed E-state index contributed by atoms with van der Waals surface area (Å²) in [5.41, 5.74) is 2.18. The molecule has 0 fully saturated rings. The van der Waals surface area contributed by atoms with Crippen LogP contribution in [0.2, 0.25) is 0 Å². The number of hydrogen-bond donors (Lipinski definition) is 2. The van der Waals surface area contributed by atoms with Crippen LogP contribution in [0.5, 0.6) is 17.2 Å². The molecule has 6 nitrogen and oxygen atoms in total. The Bertz CT molecular complexity index is 1130. The van der Waals surface area contributed by atoms with Gasteiger partial charge >= 0.3 is 0 Å². The number of aromatic hydroxyl groups is 1. The van der Waals surface area contributed by atoms with Gasteiger partial charge in [-0.1, -0.05) is 12.1 Å². The quantitative estimate of drug-likeness (QED) is 0.653. The number of nitrogens with one attached hydrogen (secondary N) is 1. The van der Waals surface area contributed by atoms with Crippen molar-refractivity contribution in [2.45, 2.75) is 0 Å². The molecule has 4 rings (SSSR count). The summed E-state index contributed by atoms with van der Waals surface area (Å²) >= 11 is 0. The number of phenols is 1. The minimum atomic E-state index is -0.257. The van der Waals surface area contributed by atoms with E-state index in [1.54, 1.807) is 61.7 Å². The van der Waals surface area contributed by atoms with E-state index in [9.17, 15) is 14.7 Å². The maximum Gasteiger partial charge on any atom is 0.255 e. The van der Waals surface area contributed by atoms with Crippen LogP contribution in [0.4, 0.5) is 5.69 Å². The van der Waals surface area contributed by atoms with Crippen LogP contribution >= 0.6 is 0 Å². The van der Waals surface area contributed by atoms with Crippen LogP contribution in [-0.4, -0.2) is 23.9 Å². The molecule has 0 atom stereocenters. The number of anilines is 1. The second kappa shape index (κ2) is 7.52. The van der Waals surface area contributed by atoms with Crippen molar-refractivity contribution in [3.63, 3.8) is 0 Å². The molecule has 1 aliphatic rings. The first-order valence-corrected chi connectivity index (χ1v) is 8.86. The molecule has 29 heavy (non-hydrogen) atoms. The van der Waals surface area contributed by atoms with Gasteiger partial charge in [0, 0.05) is 17.3 Å². The summed E-state index contributed by atoms with van der Waals surface area (Å²) in [5.74, 6) is 0.669. The number of phenolic OH excluding ortho intramolecular Hbond substituents is 1. The van der Waals surface area contributed by atoms with Crippen LogP contribution in [0.1, 0.15) is 26.3 Å². The number of ether oxygens (including phenoxy) is 2. The second-order valence-electron chi connectivity index (χ2n) is 6.43. The number of benzene rings is 3. The molecule has 144 valence electrons. The molecule has 6 heteroatoms. The van der Waals surface area contributed by atoms with Gasteiger partial charge in [0.2, 0.25) is 5.78 Å². The summed E-state index contributed by atoms with van der Waals surface area (Å²) < 4.78 is 10.7. The van der Waals surface area contributed by atoms with E-state index in [-0.39, 0.29) is 23.2 Å². The number of allylic oxidation sites excluding steroid dienone is 1. The van der Waals surface area contributed by atoms with Crippen molar-refractivity contribution in [2.24, 2.45) is 0 Å². The van der Waals surface area contributed by atoms with Crippen LogP contribution in [-0.2, 0) is 0 Å². The first-order valence-electron chi connectivity index (χ1n) is 8.86. The third-order valence-electron chi connectivity index (χ3n) is 4.45. The highest BCUT2D eigenvalue weighted by Crippen LogP contribution is 2.34. The van der Waals surface area contributed by atoms with E-state index in [4.69, 9.17) is 9.47 Å². The van der Waals surface area contributed by atoms with Crippen molar-refractivity contribution in [2.75, 3.05) is 12.4 Å². The highest BCUT2D eigenvalue weighted by Gasteiger charge is 2.27. The third kappa shape index (κ3) is 3.82. The van der Waals surface area contributed by atoms with Gasteiger partial charge in [0.1, 0.15) is 17.2 Å². The number of ketones is 1. The van der Waals surface area contributed by atoms with Crippen LogP contribution in [0.15, 0.2) is 72.5 Å². The van der Waals surface area contributed by atoms with Gasteiger partial charge in [-0.25, -0.2) is 0 Å². The summed E-state index contributed by atoms with van der Waals surface area (Å²) in [5, 5.41) is 12.4. The molecule has 0 radical (unpaired) electrons. The molecule has 0 bridgehead atoms.